The zero-order valence-electron chi connectivity index (χ0n) is 21.4. The number of carbonyl (C=O) groups is 3. The summed E-state index contributed by atoms with van der Waals surface area (Å²) in [5.41, 5.74) is 7.33. The van der Waals surface area contributed by atoms with Gasteiger partial charge in [0.05, 0.1) is 37.0 Å². The van der Waals surface area contributed by atoms with Crippen molar-refractivity contribution in [3.8, 4) is 10.6 Å². The summed E-state index contributed by atoms with van der Waals surface area (Å²) in [6.07, 6.45) is 1.38. The molecule has 2 atom stereocenters. The van der Waals surface area contributed by atoms with E-state index in [0.717, 1.165) is 24.0 Å². The van der Waals surface area contributed by atoms with Gasteiger partial charge >= 0.3 is 0 Å². The zero-order chi connectivity index (χ0) is 26.5. The van der Waals surface area contributed by atoms with Crippen LogP contribution in [-0.4, -0.2) is 76.1 Å². The molecule has 4 heterocycles. The number of fused-ring (bicyclic) bond motifs is 1. The normalized spacial score (nSPS) is 24.8. The lowest BCUT2D eigenvalue weighted by Crippen LogP contribution is -2.61. The third kappa shape index (κ3) is 4.93. The van der Waals surface area contributed by atoms with Crippen molar-refractivity contribution in [1.82, 2.24) is 14.8 Å². The third-order valence-corrected chi connectivity index (χ3v) is 8.10. The highest BCUT2D eigenvalue weighted by Crippen LogP contribution is 2.39. The van der Waals surface area contributed by atoms with E-state index in [-0.39, 0.29) is 35.6 Å². The summed E-state index contributed by atoms with van der Waals surface area (Å²) in [5.74, 6) is -0.931. The van der Waals surface area contributed by atoms with Crippen LogP contribution in [0.4, 0.5) is 0 Å². The number of benzene rings is 1. The first kappa shape index (κ1) is 25.6. The van der Waals surface area contributed by atoms with Gasteiger partial charge in [-0.1, -0.05) is 18.7 Å². The van der Waals surface area contributed by atoms with Gasteiger partial charge in [-0.15, -0.1) is 11.3 Å². The molecule has 0 aliphatic carbocycles. The Bertz CT molecular complexity index is 1290. The van der Waals surface area contributed by atoms with E-state index in [1.165, 1.54) is 11.3 Å². The Kier molecular flexibility index (Phi) is 6.45. The molecule has 10 heteroatoms. The summed E-state index contributed by atoms with van der Waals surface area (Å²) in [5, 5.41) is 2.45. The Hall–Kier alpha value is -3.08. The number of hydrogen-bond donors (Lipinski definition) is 1. The van der Waals surface area contributed by atoms with E-state index in [1.807, 2.05) is 24.0 Å². The molecule has 3 aliphatic rings. The van der Waals surface area contributed by atoms with E-state index < -0.39 is 11.5 Å². The first-order valence-corrected chi connectivity index (χ1v) is 13.3. The fourth-order valence-corrected chi connectivity index (χ4v) is 6.57. The summed E-state index contributed by atoms with van der Waals surface area (Å²) < 4.78 is 12.3. The molecule has 2 unspecified atom stereocenters. The van der Waals surface area contributed by atoms with Crippen molar-refractivity contribution in [1.29, 1.82) is 0 Å². The van der Waals surface area contributed by atoms with Crippen LogP contribution < -0.4 is 5.73 Å². The highest BCUT2D eigenvalue weighted by atomic mass is 32.1. The van der Waals surface area contributed by atoms with Crippen LogP contribution in [0.1, 0.15) is 60.0 Å². The number of carbonyl (C=O) groups excluding carboxylic acids is 3. The molecule has 5 rings (SSSR count). The molecule has 196 valence electrons. The van der Waals surface area contributed by atoms with Crippen molar-refractivity contribution in [2.75, 3.05) is 26.2 Å². The van der Waals surface area contributed by atoms with Crippen LogP contribution in [0.2, 0.25) is 0 Å². The molecule has 1 aromatic heterocycles. The smallest absolute Gasteiger partial charge is 0.273 e. The maximum atomic E-state index is 13.6. The molecule has 2 aromatic rings. The van der Waals surface area contributed by atoms with Gasteiger partial charge in [-0.3, -0.25) is 14.4 Å². The Labute approximate surface area is 220 Å². The van der Waals surface area contributed by atoms with Crippen LogP contribution in [0.3, 0.4) is 0 Å². The molecule has 2 N–H and O–H groups in total. The summed E-state index contributed by atoms with van der Waals surface area (Å²) >= 11 is 1.38. The minimum Gasteiger partial charge on any atom is -0.375 e. The monoisotopic (exact) mass is 524 g/mol. The average molecular weight is 525 g/mol. The predicted octanol–water partition coefficient (Wildman–Crippen LogP) is 3.00. The van der Waals surface area contributed by atoms with E-state index >= 15 is 0 Å². The minimum atomic E-state index is -0.629. The van der Waals surface area contributed by atoms with Gasteiger partial charge in [0.1, 0.15) is 10.7 Å². The van der Waals surface area contributed by atoms with E-state index in [0.29, 0.717) is 42.5 Å². The zero-order valence-corrected chi connectivity index (χ0v) is 22.2. The number of primary amides is 1. The van der Waals surface area contributed by atoms with Gasteiger partial charge in [-0.05, 0) is 32.4 Å². The van der Waals surface area contributed by atoms with Gasteiger partial charge in [0, 0.05) is 48.0 Å². The number of hydrogen-bond acceptors (Lipinski definition) is 7. The van der Waals surface area contributed by atoms with Crippen molar-refractivity contribution in [2.45, 2.75) is 57.5 Å². The van der Waals surface area contributed by atoms with Crippen molar-refractivity contribution < 1.29 is 23.9 Å². The Balaban J connectivity index is 1.36. The van der Waals surface area contributed by atoms with Crippen molar-refractivity contribution in [3.05, 3.63) is 52.6 Å². The summed E-state index contributed by atoms with van der Waals surface area (Å²) in [6, 6.07) is 5.47. The van der Waals surface area contributed by atoms with E-state index in [4.69, 9.17) is 20.2 Å². The lowest BCUT2D eigenvalue weighted by atomic mass is 9.82. The summed E-state index contributed by atoms with van der Waals surface area (Å²) in [4.78, 5) is 46.0. The molecular weight excluding hydrogens is 492 g/mol. The van der Waals surface area contributed by atoms with Crippen LogP contribution >= 0.6 is 11.3 Å². The summed E-state index contributed by atoms with van der Waals surface area (Å²) in [6.45, 7) is 11.8. The van der Waals surface area contributed by atoms with Crippen molar-refractivity contribution >= 4 is 29.1 Å². The molecule has 2 fully saturated rings. The van der Waals surface area contributed by atoms with Gasteiger partial charge in [0.15, 0.2) is 0 Å². The molecule has 9 nitrogen and oxygen atoms in total. The molecule has 3 aliphatic heterocycles. The fraction of sp³-hybridized carbons (Fsp3) is 0.481. The van der Waals surface area contributed by atoms with Crippen LogP contribution in [0, 0.1) is 0 Å². The molecule has 37 heavy (non-hydrogen) atoms. The quantitative estimate of drug-likeness (QED) is 0.602. The topological polar surface area (TPSA) is 115 Å². The minimum absolute atomic E-state index is 0.0721. The molecular formula is C27H32N4O5S. The van der Waals surface area contributed by atoms with Crippen LogP contribution in [-0.2, 0) is 20.8 Å². The highest BCUT2D eigenvalue weighted by Gasteiger charge is 2.47. The molecule has 0 bridgehead atoms. The number of nitrogens with two attached hydrogens (primary N) is 1. The SMILES string of the molecule is C=C(CN1Cc2c(cccc2-c2nc(C(=O)N3CC(C)OC4(CCOC(C)(C)C4)C3)cs2)C1=O)C(N)=O. The molecule has 1 aromatic carbocycles. The van der Waals surface area contributed by atoms with Gasteiger partial charge in [0.2, 0.25) is 5.91 Å². The van der Waals surface area contributed by atoms with Crippen LogP contribution in [0.25, 0.3) is 10.6 Å². The third-order valence-electron chi connectivity index (χ3n) is 7.22. The standard InChI is InChI=1S/C27H32N4O5S/c1-16(22(28)32)10-30-12-20-18(6-5-7-19(20)24(30)33)23-29-21(13-37-23)25(34)31-11-17(2)36-27(15-31)8-9-35-26(3,4)14-27/h5-7,13,17H,1,8-12,14-15H2,2-4H3,(H2,28,32). The maximum Gasteiger partial charge on any atom is 0.273 e. The van der Waals surface area contributed by atoms with Gasteiger partial charge in [0.25, 0.3) is 11.8 Å². The molecule has 3 amide bonds. The number of nitrogens with zero attached hydrogens (tertiary/aromatic N) is 3. The molecule has 0 saturated carbocycles. The van der Waals surface area contributed by atoms with E-state index in [1.54, 1.807) is 16.3 Å². The second-order valence-corrected chi connectivity index (χ2v) is 11.7. The molecule has 2 saturated heterocycles. The maximum absolute atomic E-state index is 13.6. The first-order valence-electron chi connectivity index (χ1n) is 12.4. The molecule has 0 radical (unpaired) electrons. The number of ether oxygens (including phenoxy) is 2. The Morgan fingerprint density at radius 1 is 1.30 bits per heavy atom. The van der Waals surface area contributed by atoms with Crippen LogP contribution in [0.5, 0.6) is 0 Å². The molecule has 1 spiro atoms. The number of thiazole rings is 1. The van der Waals surface area contributed by atoms with Gasteiger partial charge < -0.3 is 25.0 Å². The number of rotatable bonds is 5. The second-order valence-electron chi connectivity index (χ2n) is 10.8. The highest BCUT2D eigenvalue weighted by molar-refractivity contribution is 7.13. The lowest BCUT2D eigenvalue weighted by Gasteiger charge is -2.51. The lowest BCUT2D eigenvalue weighted by molar-refractivity contribution is -0.212. The van der Waals surface area contributed by atoms with Gasteiger partial charge in [-0.25, -0.2) is 4.98 Å². The second kappa shape index (κ2) is 9.34. The van der Waals surface area contributed by atoms with E-state index in [2.05, 4.69) is 20.4 Å². The fourth-order valence-electron chi connectivity index (χ4n) is 5.73. The number of aromatic nitrogens is 1. The van der Waals surface area contributed by atoms with Crippen molar-refractivity contribution in [3.63, 3.8) is 0 Å². The number of morpholine rings is 1. The van der Waals surface area contributed by atoms with Crippen LogP contribution in [0.15, 0.2) is 35.7 Å². The summed E-state index contributed by atoms with van der Waals surface area (Å²) in [7, 11) is 0. The predicted molar refractivity (Wildman–Crippen MR) is 139 cm³/mol. The van der Waals surface area contributed by atoms with Crippen molar-refractivity contribution in [2.24, 2.45) is 5.73 Å². The Morgan fingerprint density at radius 3 is 2.78 bits per heavy atom. The van der Waals surface area contributed by atoms with E-state index in [9.17, 15) is 14.4 Å². The average Bonchev–Trinajstić information content (AvgIpc) is 3.42. The largest absolute Gasteiger partial charge is 0.375 e. The first-order chi connectivity index (χ1) is 17.5. The van der Waals surface area contributed by atoms with Gasteiger partial charge in [-0.2, -0.15) is 0 Å². The Morgan fingerprint density at radius 2 is 2.05 bits per heavy atom. The number of amides is 3.